The molecule has 6 heteroatoms. The Balaban J connectivity index is 2.20. The Bertz CT molecular complexity index is 792. The summed E-state index contributed by atoms with van der Waals surface area (Å²) in [5.41, 5.74) is 0.953. The molecule has 0 aromatic heterocycles. The van der Waals surface area contributed by atoms with Crippen LogP contribution in [-0.4, -0.2) is 42.5 Å². The molecule has 0 spiro atoms. The summed E-state index contributed by atoms with van der Waals surface area (Å²) >= 11 is 0. The van der Waals surface area contributed by atoms with Gasteiger partial charge in [0, 0.05) is 12.6 Å². The van der Waals surface area contributed by atoms with Crippen molar-refractivity contribution in [2.75, 3.05) is 13.7 Å². The standard InChI is InChI=1S/C23H30N2O4/c1-5-19(23(27)24-17(2)3)25(15-18-11-7-6-8-12-18)22(26)16-29-21-14-10-9-13-20(21)28-4/h6-14,17,19H,5,15-16H2,1-4H3,(H,24,27)/t19-/m0/s1. The molecule has 2 aromatic rings. The second-order valence-corrected chi connectivity index (χ2v) is 7.03. The largest absolute Gasteiger partial charge is 0.493 e. The fourth-order valence-electron chi connectivity index (χ4n) is 3.04. The molecule has 2 amide bonds. The van der Waals surface area contributed by atoms with Gasteiger partial charge in [0.1, 0.15) is 6.04 Å². The van der Waals surface area contributed by atoms with E-state index in [0.29, 0.717) is 24.5 Å². The van der Waals surface area contributed by atoms with Gasteiger partial charge in [-0.3, -0.25) is 9.59 Å². The Morgan fingerprint density at radius 2 is 1.62 bits per heavy atom. The second kappa shape index (κ2) is 11.1. The number of para-hydroxylation sites is 2. The van der Waals surface area contributed by atoms with Crippen LogP contribution in [0.15, 0.2) is 54.6 Å². The molecule has 0 bridgehead atoms. The van der Waals surface area contributed by atoms with Gasteiger partial charge in [0.25, 0.3) is 5.91 Å². The van der Waals surface area contributed by atoms with Gasteiger partial charge in [-0.15, -0.1) is 0 Å². The van der Waals surface area contributed by atoms with Crippen LogP contribution in [0.4, 0.5) is 0 Å². The molecule has 0 aliphatic heterocycles. The molecule has 1 atom stereocenters. The maximum absolute atomic E-state index is 13.1. The number of hydrogen-bond acceptors (Lipinski definition) is 4. The van der Waals surface area contributed by atoms with Crippen LogP contribution >= 0.6 is 0 Å². The first kappa shape index (κ1) is 22.3. The fraction of sp³-hybridized carbons (Fsp3) is 0.391. The van der Waals surface area contributed by atoms with Crippen LogP contribution in [-0.2, 0) is 16.1 Å². The molecule has 2 aromatic carbocycles. The average Bonchev–Trinajstić information content (AvgIpc) is 2.72. The maximum atomic E-state index is 13.1. The number of amides is 2. The molecule has 0 radical (unpaired) electrons. The van der Waals surface area contributed by atoms with Crippen molar-refractivity contribution >= 4 is 11.8 Å². The summed E-state index contributed by atoms with van der Waals surface area (Å²) in [5.74, 6) is 0.622. The normalized spacial score (nSPS) is 11.6. The van der Waals surface area contributed by atoms with E-state index >= 15 is 0 Å². The number of benzene rings is 2. The summed E-state index contributed by atoms with van der Waals surface area (Å²) in [5, 5.41) is 2.91. The molecule has 0 saturated heterocycles. The van der Waals surface area contributed by atoms with E-state index in [-0.39, 0.29) is 24.5 Å². The Morgan fingerprint density at radius 1 is 1.00 bits per heavy atom. The predicted molar refractivity (Wildman–Crippen MR) is 113 cm³/mol. The highest BCUT2D eigenvalue weighted by molar-refractivity contribution is 5.88. The molecule has 2 rings (SSSR count). The highest BCUT2D eigenvalue weighted by Gasteiger charge is 2.29. The first-order valence-electron chi connectivity index (χ1n) is 9.85. The Labute approximate surface area is 172 Å². The highest BCUT2D eigenvalue weighted by Crippen LogP contribution is 2.26. The molecular formula is C23H30N2O4. The summed E-state index contributed by atoms with van der Waals surface area (Å²) in [6.45, 7) is 5.85. The molecule has 0 unspecified atom stereocenters. The summed E-state index contributed by atoms with van der Waals surface area (Å²) in [6, 6.07) is 16.2. The molecule has 0 aliphatic rings. The quantitative estimate of drug-likeness (QED) is 0.666. The Morgan fingerprint density at radius 3 is 2.21 bits per heavy atom. The van der Waals surface area contributed by atoms with Crippen molar-refractivity contribution in [3.8, 4) is 11.5 Å². The molecule has 0 heterocycles. The van der Waals surface area contributed by atoms with Crippen molar-refractivity contribution < 1.29 is 19.1 Å². The van der Waals surface area contributed by atoms with Crippen LogP contribution < -0.4 is 14.8 Å². The lowest BCUT2D eigenvalue weighted by Gasteiger charge is -2.31. The predicted octanol–water partition coefficient (Wildman–Crippen LogP) is 3.41. The number of carbonyl (C=O) groups is 2. The van der Waals surface area contributed by atoms with Gasteiger partial charge in [-0.1, -0.05) is 49.4 Å². The number of nitrogens with zero attached hydrogens (tertiary/aromatic N) is 1. The fourth-order valence-corrected chi connectivity index (χ4v) is 3.04. The number of nitrogens with one attached hydrogen (secondary N) is 1. The van der Waals surface area contributed by atoms with Crippen LogP contribution in [0.5, 0.6) is 11.5 Å². The molecule has 0 fully saturated rings. The van der Waals surface area contributed by atoms with E-state index in [2.05, 4.69) is 5.32 Å². The first-order valence-corrected chi connectivity index (χ1v) is 9.85. The molecular weight excluding hydrogens is 368 g/mol. The van der Waals surface area contributed by atoms with Crippen LogP contribution in [0.3, 0.4) is 0 Å². The van der Waals surface area contributed by atoms with E-state index in [1.807, 2.05) is 63.2 Å². The molecule has 0 aliphatic carbocycles. The van der Waals surface area contributed by atoms with E-state index < -0.39 is 6.04 Å². The lowest BCUT2D eigenvalue weighted by molar-refractivity contribution is -0.143. The minimum absolute atomic E-state index is 0.00458. The van der Waals surface area contributed by atoms with Gasteiger partial charge < -0.3 is 19.7 Å². The first-order chi connectivity index (χ1) is 14.0. The van der Waals surface area contributed by atoms with Crippen LogP contribution in [0.2, 0.25) is 0 Å². The summed E-state index contributed by atoms with van der Waals surface area (Å²) in [7, 11) is 1.55. The number of carbonyl (C=O) groups excluding carboxylic acids is 2. The number of rotatable bonds is 10. The second-order valence-electron chi connectivity index (χ2n) is 7.03. The minimum Gasteiger partial charge on any atom is -0.493 e. The van der Waals surface area contributed by atoms with E-state index in [1.54, 1.807) is 24.1 Å². The number of ether oxygens (including phenoxy) is 2. The van der Waals surface area contributed by atoms with Gasteiger partial charge in [-0.05, 0) is 38.0 Å². The van der Waals surface area contributed by atoms with Crippen molar-refractivity contribution in [3.05, 3.63) is 60.2 Å². The lowest BCUT2D eigenvalue weighted by atomic mass is 10.1. The smallest absolute Gasteiger partial charge is 0.261 e. The maximum Gasteiger partial charge on any atom is 0.261 e. The summed E-state index contributed by atoms with van der Waals surface area (Å²) < 4.78 is 11.0. The molecule has 29 heavy (non-hydrogen) atoms. The Kier molecular flexibility index (Phi) is 8.52. The number of methoxy groups -OCH3 is 1. The molecule has 0 saturated carbocycles. The zero-order chi connectivity index (χ0) is 21.2. The van der Waals surface area contributed by atoms with Gasteiger partial charge in [0.15, 0.2) is 18.1 Å². The zero-order valence-corrected chi connectivity index (χ0v) is 17.6. The topological polar surface area (TPSA) is 67.9 Å². The summed E-state index contributed by atoms with van der Waals surface area (Å²) in [4.78, 5) is 27.4. The molecule has 156 valence electrons. The van der Waals surface area contributed by atoms with Crippen molar-refractivity contribution in [3.63, 3.8) is 0 Å². The van der Waals surface area contributed by atoms with Crippen LogP contribution in [0.25, 0.3) is 0 Å². The third-order valence-corrected chi connectivity index (χ3v) is 4.43. The van der Waals surface area contributed by atoms with Gasteiger partial charge >= 0.3 is 0 Å². The third-order valence-electron chi connectivity index (χ3n) is 4.43. The third kappa shape index (κ3) is 6.52. The Hall–Kier alpha value is -3.02. The lowest BCUT2D eigenvalue weighted by Crippen LogP contribution is -2.51. The summed E-state index contributed by atoms with van der Waals surface area (Å²) in [6.07, 6.45) is 0.506. The van der Waals surface area contributed by atoms with Gasteiger partial charge in [0.2, 0.25) is 5.91 Å². The van der Waals surface area contributed by atoms with E-state index in [1.165, 1.54) is 0 Å². The van der Waals surface area contributed by atoms with Crippen molar-refractivity contribution in [1.29, 1.82) is 0 Å². The molecule has 1 N–H and O–H groups in total. The zero-order valence-electron chi connectivity index (χ0n) is 17.6. The van der Waals surface area contributed by atoms with Crippen LogP contribution in [0.1, 0.15) is 32.8 Å². The highest BCUT2D eigenvalue weighted by atomic mass is 16.5. The van der Waals surface area contributed by atoms with Crippen molar-refractivity contribution in [2.45, 2.75) is 45.8 Å². The van der Waals surface area contributed by atoms with E-state index in [0.717, 1.165) is 5.56 Å². The SMILES string of the molecule is CC[C@@H](C(=O)NC(C)C)N(Cc1ccccc1)C(=O)COc1ccccc1OC. The molecule has 6 nitrogen and oxygen atoms in total. The van der Waals surface area contributed by atoms with Gasteiger partial charge in [-0.25, -0.2) is 0 Å². The van der Waals surface area contributed by atoms with Crippen molar-refractivity contribution in [2.24, 2.45) is 0 Å². The minimum atomic E-state index is -0.577. The van der Waals surface area contributed by atoms with Gasteiger partial charge in [0.05, 0.1) is 7.11 Å². The average molecular weight is 399 g/mol. The van der Waals surface area contributed by atoms with E-state index in [4.69, 9.17) is 9.47 Å². The monoisotopic (exact) mass is 398 g/mol. The van der Waals surface area contributed by atoms with Crippen molar-refractivity contribution in [1.82, 2.24) is 10.2 Å². The number of hydrogen-bond donors (Lipinski definition) is 1. The van der Waals surface area contributed by atoms with E-state index in [9.17, 15) is 9.59 Å². The van der Waals surface area contributed by atoms with Crippen LogP contribution in [0, 0.1) is 0 Å². The van der Waals surface area contributed by atoms with Gasteiger partial charge in [-0.2, -0.15) is 0 Å².